The van der Waals surface area contributed by atoms with Crippen molar-refractivity contribution in [3.05, 3.63) is 17.5 Å². The smallest absolute Gasteiger partial charge is 0.273 e. The maximum Gasteiger partial charge on any atom is 0.273 e. The molecule has 7 nitrogen and oxygen atoms in total. The van der Waals surface area contributed by atoms with Crippen LogP contribution in [-0.4, -0.2) is 50.4 Å². The van der Waals surface area contributed by atoms with E-state index in [0.717, 1.165) is 44.9 Å². The lowest BCUT2D eigenvalue weighted by molar-refractivity contribution is -0.133. The molecule has 2 amide bonds. The van der Waals surface area contributed by atoms with Gasteiger partial charge < -0.3 is 10.2 Å². The second kappa shape index (κ2) is 7.33. The number of ketones is 1. The van der Waals surface area contributed by atoms with Gasteiger partial charge in [-0.2, -0.15) is 5.10 Å². The van der Waals surface area contributed by atoms with Crippen molar-refractivity contribution in [3.63, 3.8) is 0 Å². The average Bonchev–Trinajstić information content (AvgIpc) is 3.15. The normalized spacial score (nSPS) is 25.1. The first-order chi connectivity index (χ1) is 13.4. The minimum absolute atomic E-state index is 0.00338. The highest BCUT2D eigenvalue weighted by Crippen LogP contribution is 2.34. The van der Waals surface area contributed by atoms with E-state index >= 15 is 0 Å². The average molecular weight is 386 g/mol. The van der Waals surface area contributed by atoms with Gasteiger partial charge in [-0.15, -0.1) is 0 Å². The van der Waals surface area contributed by atoms with Gasteiger partial charge in [-0.05, 0) is 44.9 Å². The van der Waals surface area contributed by atoms with Crippen molar-refractivity contribution in [1.82, 2.24) is 20.0 Å². The third-order valence-corrected chi connectivity index (χ3v) is 6.38. The summed E-state index contributed by atoms with van der Waals surface area (Å²) in [4.78, 5) is 40.5. The zero-order chi connectivity index (χ0) is 19.9. The van der Waals surface area contributed by atoms with Crippen LogP contribution in [0.1, 0.15) is 86.2 Å². The fourth-order valence-electron chi connectivity index (χ4n) is 4.45. The fraction of sp³-hybridized carbons (Fsp3) is 0.714. The van der Waals surface area contributed by atoms with Crippen molar-refractivity contribution in [2.24, 2.45) is 5.92 Å². The maximum absolute atomic E-state index is 13.2. The van der Waals surface area contributed by atoms with Crippen LogP contribution >= 0.6 is 0 Å². The molecule has 2 fully saturated rings. The van der Waals surface area contributed by atoms with Crippen molar-refractivity contribution in [2.75, 3.05) is 6.54 Å². The Morgan fingerprint density at radius 2 is 1.96 bits per heavy atom. The molecule has 1 aromatic heterocycles. The summed E-state index contributed by atoms with van der Waals surface area (Å²) in [6, 6.07) is 1.81. The van der Waals surface area contributed by atoms with Gasteiger partial charge in [0.25, 0.3) is 5.91 Å². The van der Waals surface area contributed by atoms with Crippen LogP contribution in [0.4, 0.5) is 0 Å². The summed E-state index contributed by atoms with van der Waals surface area (Å²) in [5.41, 5.74) is -0.225. The second-order valence-electron chi connectivity index (χ2n) is 8.83. The summed E-state index contributed by atoms with van der Waals surface area (Å²) in [5, 5.41) is 7.58. The molecule has 2 aliphatic carbocycles. The third-order valence-electron chi connectivity index (χ3n) is 6.38. The van der Waals surface area contributed by atoms with Crippen LogP contribution in [0.2, 0.25) is 0 Å². The van der Waals surface area contributed by atoms with Crippen LogP contribution < -0.4 is 5.32 Å². The lowest BCUT2D eigenvalue weighted by Crippen LogP contribution is -2.65. The van der Waals surface area contributed by atoms with Crippen molar-refractivity contribution < 1.29 is 14.4 Å². The monoisotopic (exact) mass is 386 g/mol. The Labute approximate surface area is 165 Å². The molecule has 152 valence electrons. The first-order valence-corrected chi connectivity index (χ1v) is 10.7. The Bertz CT molecular complexity index is 792. The molecule has 1 aliphatic heterocycles. The standard InChI is InChI=1S/C21H30N4O3/c1-3-10-24-19(27)17-12-16(18(26)11-14-8-9-14)23-25(17)13-21(24,2)20(28)22-15-6-4-5-7-15/h12,14-15H,3-11,13H2,1-2H3,(H,22,28). The van der Waals surface area contributed by atoms with Gasteiger partial charge in [-0.25, -0.2) is 0 Å². The van der Waals surface area contributed by atoms with Gasteiger partial charge in [0.05, 0.1) is 6.54 Å². The molecule has 1 unspecified atom stereocenters. The van der Waals surface area contributed by atoms with Gasteiger partial charge in [0.15, 0.2) is 5.78 Å². The number of Topliss-reactive ketones (excluding diaryl/α,β-unsaturated/α-hetero) is 1. The first-order valence-electron chi connectivity index (χ1n) is 10.7. The van der Waals surface area contributed by atoms with E-state index in [1.165, 1.54) is 0 Å². The highest BCUT2D eigenvalue weighted by Gasteiger charge is 2.48. The molecule has 1 atom stereocenters. The van der Waals surface area contributed by atoms with Crippen LogP contribution in [0.3, 0.4) is 0 Å². The number of hydrogen-bond donors (Lipinski definition) is 1. The summed E-state index contributed by atoms with van der Waals surface area (Å²) in [6.07, 6.45) is 7.73. The van der Waals surface area contributed by atoms with Gasteiger partial charge in [0.1, 0.15) is 16.9 Å². The minimum atomic E-state index is -0.995. The van der Waals surface area contributed by atoms with Gasteiger partial charge >= 0.3 is 0 Å². The number of nitrogens with one attached hydrogen (secondary N) is 1. The molecule has 28 heavy (non-hydrogen) atoms. The predicted molar refractivity (Wildman–Crippen MR) is 104 cm³/mol. The van der Waals surface area contributed by atoms with E-state index in [4.69, 9.17) is 0 Å². The number of amides is 2. The Balaban J connectivity index is 1.60. The summed E-state index contributed by atoms with van der Waals surface area (Å²) in [6.45, 7) is 4.60. The molecule has 0 spiro atoms. The molecule has 4 rings (SSSR count). The van der Waals surface area contributed by atoms with E-state index in [1.807, 2.05) is 13.8 Å². The number of aromatic nitrogens is 2. The first kappa shape index (κ1) is 19.2. The van der Waals surface area contributed by atoms with Crippen LogP contribution in [0, 0.1) is 5.92 Å². The fourth-order valence-corrected chi connectivity index (χ4v) is 4.45. The van der Waals surface area contributed by atoms with E-state index in [1.54, 1.807) is 15.6 Å². The van der Waals surface area contributed by atoms with Crippen LogP contribution in [-0.2, 0) is 11.3 Å². The van der Waals surface area contributed by atoms with Gasteiger partial charge in [0, 0.05) is 25.1 Å². The summed E-state index contributed by atoms with van der Waals surface area (Å²) >= 11 is 0. The summed E-state index contributed by atoms with van der Waals surface area (Å²) in [5.74, 6) is 0.140. The zero-order valence-electron chi connectivity index (χ0n) is 16.9. The summed E-state index contributed by atoms with van der Waals surface area (Å²) < 4.78 is 1.57. The highest BCUT2D eigenvalue weighted by atomic mass is 16.2. The van der Waals surface area contributed by atoms with Crippen molar-refractivity contribution in [3.8, 4) is 0 Å². The molecule has 2 heterocycles. The molecule has 0 bridgehead atoms. The Hall–Kier alpha value is -2.18. The van der Waals surface area contributed by atoms with E-state index in [2.05, 4.69) is 10.4 Å². The van der Waals surface area contributed by atoms with Crippen molar-refractivity contribution in [2.45, 2.75) is 83.3 Å². The number of fused-ring (bicyclic) bond motifs is 1. The Morgan fingerprint density at radius 3 is 2.61 bits per heavy atom. The van der Waals surface area contributed by atoms with E-state index in [-0.39, 0.29) is 30.2 Å². The van der Waals surface area contributed by atoms with Crippen LogP contribution in [0.5, 0.6) is 0 Å². The van der Waals surface area contributed by atoms with E-state index < -0.39 is 5.54 Å². The van der Waals surface area contributed by atoms with Crippen molar-refractivity contribution in [1.29, 1.82) is 0 Å². The zero-order valence-corrected chi connectivity index (χ0v) is 16.9. The van der Waals surface area contributed by atoms with Gasteiger partial charge in [0.2, 0.25) is 5.91 Å². The number of hydrogen-bond acceptors (Lipinski definition) is 4. The molecule has 1 aromatic rings. The lowest BCUT2D eigenvalue weighted by atomic mass is 9.94. The lowest BCUT2D eigenvalue weighted by Gasteiger charge is -2.43. The molecule has 1 N–H and O–H groups in total. The molecule has 0 aromatic carbocycles. The third kappa shape index (κ3) is 3.47. The van der Waals surface area contributed by atoms with Crippen LogP contribution in [0.25, 0.3) is 0 Å². The molecular formula is C21H30N4O3. The number of carbonyl (C=O) groups excluding carboxylic acids is 3. The van der Waals surface area contributed by atoms with Crippen LogP contribution in [0.15, 0.2) is 6.07 Å². The maximum atomic E-state index is 13.2. The SMILES string of the molecule is CCCN1C(=O)c2cc(C(=O)CC3CC3)nn2CC1(C)C(=O)NC1CCCC1. The second-order valence-corrected chi connectivity index (χ2v) is 8.83. The quantitative estimate of drug-likeness (QED) is 0.730. The Morgan fingerprint density at radius 1 is 1.25 bits per heavy atom. The topological polar surface area (TPSA) is 84.3 Å². The van der Waals surface area contributed by atoms with Gasteiger partial charge in [-0.3, -0.25) is 19.1 Å². The molecular weight excluding hydrogens is 356 g/mol. The largest absolute Gasteiger partial charge is 0.351 e. The van der Waals surface area contributed by atoms with E-state index in [0.29, 0.717) is 30.3 Å². The highest BCUT2D eigenvalue weighted by molar-refractivity contribution is 6.02. The molecule has 7 heteroatoms. The number of carbonyl (C=O) groups is 3. The van der Waals surface area contributed by atoms with Gasteiger partial charge in [-0.1, -0.05) is 19.8 Å². The molecule has 2 saturated carbocycles. The molecule has 3 aliphatic rings. The summed E-state index contributed by atoms with van der Waals surface area (Å²) in [7, 11) is 0. The molecule has 0 radical (unpaired) electrons. The molecule has 0 saturated heterocycles. The number of rotatable bonds is 7. The number of nitrogens with zero attached hydrogens (tertiary/aromatic N) is 3. The van der Waals surface area contributed by atoms with Crippen molar-refractivity contribution >= 4 is 17.6 Å². The minimum Gasteiger partial charge on any atom is -0.351 e. The Kier molecular flexibility index (Phi) is 5.02. The van der Waals surface area contributed by atoms with E-state index in [9.17, 15) is 14.4 Å². The predicted octanol–water partition coefficient (Wildman–Crippen LogP) is 2.55.